The Morgan fingerprint density at radius 3 is 2.50 bits per heavy atom. The standard InChI is InChI=1S/C34H33N5O3/c1-21-8-11-23(12-9-21)39-24(19-30(37-39)34(2,3)4)18-25(40)17-22-10-13-28(26-7-6-15-35-32(22)26)42-29-14-16-36-33-27(29)20-31(41)38(33)5/h6-16,19H,17-18,20H2,1-5H3. The fourth-order valence-corrected chi connectivity index (χ4v) is 5.26. The third-order valence-electron chi connectivity index (χ3n) is 7.64. The summed E-state index contributed by atoms with van der Waals surface area (Å²) in [7, 11) is 1.72. The first-order valence-corrected chi connectivity index (χ1v) is 14.1. The van der Waals surface area contributed by atoms with Gasteiger partial charge in [-0.15, -0.1) is 0 Å². The van der Waals surface area contributed by atoms with E-state index in [4.69, 9.17) is 9.84 Å². The van der Waals surface area contributed by atoms with Crippen molar-refractivity contribution in [1.82, 2.24) is 19.7 Å². The monoisotopic (exact) mass is 559 g/mol. The third-order valence-corrected chi connectivity index (χ3v) is 7.64. The lowest BCUT2D eigenvalue weighted by molar-refractivity contribution is -0.118. The van der Waals surface area contributed by atoms with E-state index < -0.39 is 0 Å². The largest absolute Gasteiger partial charge is 0.456 e. The van der Waals surface area contributed by atoms with Crippen molar-refractivity contribution in [3.63, 3.8) is 0 Å². The van der Waals surface area contributed by atoms with Crippen molar-refractivity contribution in [1.29, 1.82) is 0 Å². The van der Waals surface area contributed by atoms with E-state index >= 15 is 0 Å². The molecule has 0 spiro atoms. The normalized spacial score (nSPS) is 13.1. The van der Waals surface area contributed by atoms with Gasteiger partial charge in [0.15, 0.2) is 0 Å². The van der Waals surface area contributed by atoms with Crippen LogP contribution in [0.1, 0.15) is 48.8 Å². The number of nitrogens with zero attached hydrogens (tertiary/aromatic N) is 5. The summed E-state index contributed by atoms with van der Waals surface area (Å²) in [6, 6.07) is 19.5. The first-order valence-electron chi connectivity index (χ1n) is 14.1. The number of hydrogen-bond acceptors (Lipinski definition) is 6. The molecule has 6 rings (SSSR count). The van der Waals surface area contributed by atoms with Crippen LogP contribution in [-0.4, -0.2) is 38.5 Å². The average Bonchev–Trinajstić information content (AvgIpc) is 3.51. The number of amides is 1. The van der Waals surface area contributed by atoms with Gasteiger partial charge in [0.1, 0.15) is 23.1 Å². The molecule has 212 valence electrons. The zero-order valence-corrected chi connectivity index (χ0v) is 24.5. The van der Waals surface area contributed by atoms with Gasteiger partial charge in [0.05, 0.1) is 29.0 Å². The summed E-state index contributed by atoms with van der Waals surface area (Å²) in [5.41, 5.74) is 6.05. The van der Waals surface area contributed by atoms with Crippen LogP contribution < -0.4 is 9.64 Å². The molecule has 0 saturated heterocycles. The lowest BCUT2D eigenvalue weighted by Crippen LogP contribution is -2.21. The molecule has 42 heavy (non-hydrogen) atoms. The lowest BCUT2D eigenvalue weighted by atomic mass is 9.92. The predicted octanol–water partition coefficient (Wildman–Crippen LogP) is 6.09. The van der Waals surface area contributed by atoms with Crippen molar-refractivity contribution in [2.24, 2.45) is 0 Å². The molecule has 4 heterocycles. The quantitative estimate of drug-likeness (QED) is 0.240. The lowest BCUT2D eigenvalue weighted by Gasteiger charge is -2.14. The van der Waals surface area contributed by atoms with Crippen molar-refractivity contribution in [2.75, 3.05) is 11.9 Å². The van der Waals surface area contributed by atoms with Gasteiger partial charge in [0.2, 0.25) is 5.91 Å². The summed E-state index contributed by atoms with van der Waals surface area (Å²) in [5, 5.41) is 5.68. The van der Waals surface area contributed by atoms with Crippen LogP contribution in [0.5, 0.6) is 11.5 Å². The molecule has 8 nitrogen and oxygen atoms in total. The third kappa shape index (κ3) is 5.16. The van der Waals surface area contributed by atoms with Crippen molar-refractivity contribution in [2.45, 2.75) is 52.4 Å². The van der Waals surface area contributed by atoms with Crippen LogP contribution >= 0.6 is 0 Å². The molecule has 5 aromatic rings. The molecule has 1 aliphatic heterocycles. The zero-order valence-electron chi connectivity index (χ0n) is 24.5. The number of pyridine rings is 2. The molecule has 0 atom stereocenters. The van der Waals surface area contributed by atoms with Crippen molar-refractivity contribution in [3.05, 3.63) is 101 Å². The van der Waals surface area contributed by atoms with Crippen LogP contribution in [0.3, 0.4) is 0 Å². The average molecular weight is 560 g/mol. The fraction of sp³-hybridized carbons (Fsp3) is 0.265. The van der Waals surface area contributed by atoms with Gasteiger partial charge in [-0.1, -0.05) is 44.5 Å². The van der Waals surface area contributed by atoms with Gasteiger partial charge in [-0.2, -0.15) is 5.10 Å². The van der Waals surface area contributed by atoms with E-state index in [0.29, 0.717) is 22.8 Å². The molecule has 1 amide bonds. The SMILES string of the molecule is Cc1ccc(-n2nc(C(C)(C)C)cc2CC(=O)Cc2ccc(Oc3ccnc4c3CC(=O)N4C)c3cccnc23)cc1. The van der Waals surface area contributed by atoms with E-state index in [1.807, 2.05) is 47.1 Å². The Morgan fingerprint density at radius 1 is 0.952 bits per heavy atom. The highest BCUT2D eigenvalue weighted by Crippen LogP contribution is 2.38. The van der Waals surface area contributed by atoms with Gasteiger partial charge in [0, 0.05) is 48.6 Å². The number of anilines is 1. The zero-order chi connectivity index (χ0) is 29.6. The highest BCUT2D eigenvalue weighted by Gasteiger charge is 2.29. The van der Waals surface area contributed by atoms with E-state index in [9.17, 15) is 9.59 Å². The number of carbonyl (C=O) groups is 2. The Balaban J connectivity index is 1.28. The van der Waals surface area contributed by atoms with E-state index in [1.165, 1.54) is 5.56 Å². The summed E-state index contributed by atoms with van der Waals surface area (Å²) in [5.74, 6) is 1.86. The molecular weight excluding hydrogens is 526 g/mol. The second-order valence-corrected chi connectivity index (χ2v) is 11.9. The Hall–Kier alpha value is -4.85. The summed E-state index contributed by atoms with van der Waals surface area (Å²) >= 11 is 0. The minimum Gasteiger partial charge on any atom is -0.456 e. The molecule has 2 aromatic carbocycles. The van der Waals surface area contributed by atoms with Gasteiger partial charge < -0.3 is 4.74 Å². The molecule has 8 heteroatoms. The van der Waals surface area contributed by atoms with Gasteiger partial charge in [0.25, 0.3) is 0 Å². The van der Waals surface area contributed by atoms with E-state index in [-0.39, 0.29) is 36.4 Å². The maximum Gasteiger partial charge on any atom is 0.232 e. The Labute approximate surface area is 245 Å². The molecule has 1 aliphatic rings. The number of aryl methyl sites for hydroxylation is 1. The number of likely N-dealkylation sites (N-methyl/N-ethyl adjacent to an activating group) is 1. The Morgan fingerprint density at radius 2 is 1.74 bits per heavy atom. The van der Waals surface area contributed by atoms with Crippen molar-refractivity contribution >= 4 is 28.4 Å². The number of ketones is 1. The van der Waals surface area contributed by atoms with Crippen LogP contribution in [0.4, 0.5) is 5.82 Å². The van der Waals surface area contributed by atoms with Crippen LogP contribution in [-0.2, 0) is 34.3 Å². The molecule has 0 bridgehead atoms. The number of Topliss-reactive ketones (excluding diaryl/α,β-unsaturated/α-hetero) is 1. The Kier molecular flexibility index (Phi) is 6.85. The first kappa shape index (κ1) is 27.3. The summed E-state index contributed by atoms with van der Waals surface area (Å²) < 4.78 is 8.23. The smallest absolute Gasteiger partial charge is 0.232 e. The Bertz CT molecular complexity index is 1830. The van der Waals surface area contributed by atoms with Crippen LogP contribution in [0.2, 0.25) is 0 Å². The summed E-state index contributed by atoms with van der Waals surface area (Å²) in [4.78, 5) is 36.3. The molecule has 0 radical (unpaired) electrons. The fourth-order valence-electron chi connectivity index (χ4n) is 5.26. The van der Waals surface area contributed by atoms with E-state index in [2.05, 4.69) is 49.8 Å². The minimum absolute atomic E-state index is 0.0210. The second-order valence-electron chi connectivity index (χ2n) is 11.9. The predicted molar refractivity (Wildman–Crippen MR) is 163 cm³/mol. The van der Waals surface area contributed by atoms with Crippen molar-refractivity contribution < 1.29 is 14.3 Å². The molecule has 0 fully saturated rings. The molecule has 3 aromatic heterocycles. The van der Waals surface area contributed by atoms with E-state index in [1.54, 1.807) is 30.4 Å². The highest BCUT2D eigenvalue weighted by molar-refractivity contribution is 6.00. The summed E-state index contributed by atoms with van der Waals surface area (Å²) in [6.45, 7) is 8.42. The van der Waals surface area contributed by atoms with E-state index in [0.717, 1.165) is 33.6 Å². The maximum absolute atomic E-state index is 13.5. The number of carbonyl (C=O) groups excluding carboxylic acids is 2. The number of hydrogen-bond donors (Lipinski definition) is 0. The first-order chi connectivity index (χ1) is 20.1. The second kappa shape index (κ2) is 10.5. The van der Waals surface area contributed by atoms with Gasteiger partial charge >= 0.3 is 0 Å². The number of aromatic nitrogens is 4. The molecular formula is C34H33N5O3. The summed E-state index contributed by atoms with van der Waals surface area (Å²) in [6.07, 6.45) is 4.08. The highest BCUT2D eigenvalue weighted by atomic mass is 16.5. The van der Waals surface area contributed by atoms with Crippen LogP contribution in [0, 0.1) is 6.92 Å². The molecule has 0 aliphatic carbocycles. The topological polar surface area (TPSA) is 90.2 Å². The number of benzene rings is 2. The van der Waals surface area contributed by atoms with Gasteiger partial charge in [-0.3, -0.25) is 19.5 Å². The maximum atomic E-state index is 13.5. The van der Waals surface area contributed by atoms with Crippen molar-refractivity contribution in [3.8, 4) is 17.2 Å². The minimum atomic E-state index is -0.151. The number of ether oxygens (including phenoxy) is 1. The van der Waals surface area contributed by atoms with Gasteiger partial charge in [-0.25, -0.2) is 9.67 Å². The van der Waals surface area contributed by atoms with Gasteiger partial charge in [-0.05, 0) is 55.0 Å². The van der Waals surface area contributed by atoms with Crippen LogP contribution in [0.15, 0.2) is 73.1 Å². The van der Waals surface area contributed by atoms with Crippen LogP contribution in [0.25, 0.3) is 16.6 Å². The molecule has 0 saturated carbocycles. The number of fused-ring (bicyclic) bond motifs is 2. The number of rotatable bonds is 7. The molecule has 0 unspecified atom stereocenters. The molecule has 0 N–H and O–H groups in total.